The third-order valence-corrected chi connectivity index (χ3v) is 4.05. The van der Waals surface area contributed by atoms with Gasteiger partial charge in [-0.2, -0.15) is 18.3 Å². The Balaban J connectivity index is 1.90. The summed E-state index contributed by atoms with van der Waals surface area (Å²) >= 11 is 0. The van der Waals surface area contributed by atoms with Crippen LogP contribution in [0, 0.1) is 5.92 Å². The summed E-state index contributed by atoms with van der Waals surface area (Å²) in [6.07, 6.45) is -1.51. The van der Waals surface area contributed by atoms with Crippen LogP contribution in [0.15, 0.2) is 30.5 Å². The van der Waals surface area contributed by atoms with Gasteiger partial charge < -0.3 is 10.4 Å². The van der Waals surface area contributed by atoms with Crippen molar-refractivity contribution in [2.75, 3.05) is 0 Å². The minimum absolute atomic E-state index is 0.0653. The number of halogens is 3. The summed E-state index contributed by atoms with van der Waals surface area (Å²) in [5.74, 6) is -0.660. The standard InChI is InChI=1S/C16H16F3N3O2/c1-9(10-6-7-10)20-15(24)14-13(23)8-22(21-14)12-5-3-2-4-11(12)16(17,18)19/h2-5,8-10,23H,6-7H2,1H3,(H,20,24)/t9-/m1/s1. The van der Waals surface area contributed by atoms with Crippen LogP contribution < -0.4 is 5.32 Å². The first-order chi connectivity index (χ1) is 11.3. The summed E-state index contributed by atoms with van der Waals surface area (Å²) in [4.78, 5) is 12.2. The van der Waals surface area contributed by atoms with Gasteiger partial charge in [0, 0.05) is 6.04 Å². The predicted octanol–water partition coefficient (Wildman–Crippen LogP) is 3.13. The Labute approximate surface area is 136 Å². The van der Waals surface area contributed by atoms with Crippen LogP contribution in [-0.2, 0) is 6.18 Å². The van der Waals surface area contributed by atoms with Crippen LogP contribution in [-0.4, -0.2) is 26.8 Å². The van der Waals surface area contributed by atoms with Crippen LogP contribution in [0.1, 0.15) is 35.8 Å². The quantitative estimate of drug-likeness (QED) is 0.899. The lowest BCUT2D eigenvalue weighted by atomic mass is 10.2. The van der Waals surface area contributed by atoms with E-state index in [9.17, 15) is 23.1 Å². The third kappa shape index (κ3) is 3.22. The Morgan fingerprint density at radius 2 is 2.04 bits per heavy atom. The largest absolute Gasteiger partial charge is 0.504 e. The molecule has 1 amide bonds. The number of hydrogen-bond acceptors (Lipinski definition) is 3. The van der Waals surface area contributed by atoms with E-state index in [2.05, 4.69) is 10.4 Å². The van der Waals surface area contributed by atoms with Gasteiger partial charge in [-0.15, -0.1) is 0 Å². The highest BCUT2D eigenvalue weighted by Crippen LogP contribution is 2.34. The van der Waals surface area contributed by atoms with E-state index < -0.39 is 23.4 Å². The second kappa shape index (κ2) is 5.85. The van der Waals surface area contributed by atoms with E-state index in [1.165, 1.54) is 18.2 Å². The lowest BCUT2D eigenvalue weighted by molar-refractivity contribution is -0.137. The molecular weight excluding hydrogens is 323 g/mol. The molecule has 2 aromatic rings. The SMILES string of the molecule is C[C@@H](NC(=O)c1nn(-c2ccccc2C(F)(F)F)cc1O)C1CC1. The minimum atomic E-state index is -4.57. The Morgan fingerprint density at radius 3 is 2.67 bits per heavy atom. The number of aromatic hydroxyl groups is 1. The van der Waals surface area contributed by atoms with Gasteiger partial charge in [-0.1, -0.05) is 12.1 Å². The van der Waals surface area contributed by atoms with Gasteiger partial charge in [0.05, 0.1) is 17.4 Å². The number of carbonyl (C=O) groups excluding carboxylic acids is 1. The Morgan fingerprint density at radius 1 is 1.38 bits per heavy atom. The number of nitrogens with one attached hydrogen (secondary N) is 1. The molecule has 1 atom stereocenters. The summed E-state index contributed by atoms with van der Waals surface area (Å²) < 4.78 is 40.1. The fourth-order valence-corrected chi connectivity index (χ4v) is 2.55. The van der Waals surface area contributed by atoms with Crippen molar-refractivity contribution in [1.82, 2.24) is 15.1 Å². The number of carbonyl (C=O) groups is 1. The number of alkyl halides is 3. The van der Waals surface area contributed by atoms with E-state index in [0.29, 0.717) is 5.92 Å². The van der Waals surface area contributed by atoms with E-state index in [4.69, 9.17) is 0 Å². The monoisotopic (exact) mass is 339 g/mol. The molecule has 1 aromatic carbocycles. The first-order valence-electron chi connectivity index (χ1n) is 7.53. The average molecular weight is 339 g/mol. The van der Waals surface area contributed by atoms with Crippen LogP contribution in [0.2, 0.25) is 0 Å². The zero-order chi connectivity index (χ0) is 17.5. The van der Waals surface area contributed by atoms with Crippen molar-refractivity contribution in [3.8, 4) is 11.4 Å². The highest BCUT2D eigenvalue weighted by molar-refractivity contribution is 5.95. The minimum Gasteiger partial charge on any atom is -0.504 e. The van der Waals surface area contributed by atoms with Crippen LogP contribution in [0.25, 0.3) is 5.69 Å². The fraction of sp³-hybridized carbons (Fsp3) is 0.375. The molecule has 1 aliphatic rings. The zero-order valence-corrected chi connectivity index (χ0v) is 12.8. The maximum absolute atomic E-state index is 13.1. The fourth-order valence-electron chi connectivity index (χ4n) is 2.55. The van der Waals surface area contributed by atoms with Gasteiger partial charge in [-0.05, 0) is 37.8 Å². The molecular formula is C16H16F3N3O2. The lowest BCUT2D eigenvalue weighted by Crippen LogP contribution is -2.34. The predicted molar refractivity (Wildman–Crippen MR) is 79.9 cm³/mol. The molecule has 0 bridgehead atoms. The molecule has 1 heterocycles. The number of benzene rings is 1. The molecule has 0 unspecified atom stereocenters. The van der Waals surface area contributed by atoms with E-state index in [1.807, 2.05) is 6.92 Å². The van der Waals surface area contributed by atoms with Gasteiger partial charge in [-0.3, -0.25) is 4.79 Å². The molecule has 3 rings (SSSR count). The highest BCUT2D eigenvalue weighted by atomic mass is 19.4. The molecule has 1 saturated carbocycles. The van der Waals surface area contributed by atoms with Crippen molar-refractivity contribution >= 4 is 5.91 Å². The smallest absolute Gasteiger partial charge is 0.418 e. The number of nitrogens with zero attached hydrogens (tertiary/aromatic N) is 2. The van der Waals surface area contributed by atoms with Crippen molar-refractivity contribution in [1.29, 1.82) is 0 Å². The molecule has 128 valence electrons. The summed E-state index contributed by atoms with van der Waals surface area (Å²) in [6, 6.07) is 4.77. The molecule has 24 heavy (non-hydrogen) atoms. The van der Waals surface area contributed by atoms with Crippen LogP contribution in [0.5, 0.6) is 5.75 Å². The van der Waals surface area contributed by atoms with E-state index in [1.54, 1.807) is 0 Å². The first-order valence-corrected chi connectivity index (χ1v) is 7.53. The first kappa shape index (κ1) is 16.4. The molecule has 2 N–H and O–H groups in total. The Bertz CT molecular complexity index is 766. The van der Waals surface area contributed by atoms with Crippen LogP contribution in [0.4, 0.5) is 13.2 Å². The van der Waals surface area contributed by atoms with Crippen LogP contribution in [0.3, 0.4) is 0 Å². The van der Waals surface area contributed by atoms with E-state index in [-0.39, 0.29) is 17.4 Å². The van der Waals surface area contributed by atoms with Gasteiger partial charge in [0.15, 0.2) is 11.4 Å². The number of hydrogen-bond donors (Lipinski definition) is 2. The Hall–Kier alpha value is -2.51. The molecule has 0 spiro atoms. The molecule has 0 aliphatic heterocycles. The number of rotatable bonds is 4. The number of para-hydroxylation sites is 1. The van der Waals surface area contributed by atoms with Gasteiger partial charge in [0.2, 0.25) is 0 Å². The van der Waals surface area contributed by atoms with Crippen molar-refractivity contribution in [2.45, 2.75) is 32.0 Å². The summed E-state index contributed by atoms with van der Waals surface area (Å²) in [5, 5.41) is 16.5. The van der Waals surface area contributed by atoms with E-state index in [0.717, 1.165) is 29.8 Å². The third-order valence-electron chi connectivity index (χ3n) is 4.05. The molecule has 0 radical (unpaired) electrons. The van der Waals surface area contributed by atoms with Gasteiger partial charge >= 0.3 is 6.18 Å². The lowest BCUT2D eigenvalue weighted by Gasteiger charge is -2.12. The topological polar surface area (TPSA) is 67.2 Å². The maximum atomic E-state index is 13.1. The normalized spacial score (nSPS) is 16.0. The van der Waals surface area contributed by atoms with Gasteiger partial charge in [0.25, 0.3) is 5.91 Å². The van der Waals surface area contributed by atoms with Crippen molar-refractivity contribution in [2.24, 2.45) is 5.92 Å². The van der Waals surface area contributed by atoms with E-state index >= 15 is 0 Å². The second-order valence-electron chi connectivity index (χ2n) is 5.92. The molecule has 5 nitrogen and oxygen atoms in total. The second-order valence-corrected chi connectivity index (χ2v) is 5.92. The highest BCUT2D eigenvalue weighted by Gasteiger charge is 2.34. The summed E-state index contributed by atoms with van der Waals surface area (Å²) in [6.45, 7) is 1.85. The summed E-state index contributed by atoms with van der Waals surface area (Å²) in [5.41, 5.74) is -1.44. The van der Waals surface area contributed by atoms with Crippen molar-refractivity contribution in [3.05, 3.63) is 41.7 Å². The van der Waals surface area contributed by atoms with Crippen molar-refractivity contribution in [3.63, 3.8) is 0 Å². The van der Waals surface area contributed by atoms with Crippen molar-refractivity contribution < 1.29 is 23.1 Å². The molecule has 0 saturated heterocycles. The number of aromatic nitrogens is 2. The average Bonchev–Trinajstić information content (AvgIpc) is 3.29. The summed E-state index contributed by atoms with van der Waals surface area (Å²) in [7, 11) is 0. The van der Waals surface area contributed by atoms with Gasteiger partial charge in [0.1, 0.15) is 0 Å². The molecule has 8 heteroatoms. The van der Waals surface area contributed by atoms with Crippen LogP contribution >= 0.6 is 0 Å². The van der Waals surface area contributed by atoms with Gasteiger partial charge in [-0.25, -0.2) is 4.68 Å². The Kier molecular flexibility index (Phi) is 3.98. The zero-order valence-electron chi connectivity index (χ0n) is 12.8. The number of amides is 1. The molecule has 1 aliphatic carbocycles. The molecule has 1 aromatic heterocycles. The molecule has 1 fully saturated rings. The maximum Gasteiger partial charge on any atom is 0.418 e.